The monoisotopic (exact) mass is 464 g/mol. The van der Waals surface area contributed by atoms with E-state index in [1.54, 1.807) is 42.5 Å². The molecule has 1 aromatic heterocycles. The van der Waals surface area contributed by atoms with Crippen molar-refractivity contribution in [1.29, 1.82) is 0 Å². The second-order valence-electron chi connectivity index (χ2n) is 5.75. The van der Waals surface area contributed by atoms with Crippen LogP contribution in [0.15, 0.2) is 53.1 Å². The fourth-order valence-electron chi connectivity index (χ4n) is 2.51. The summed E-state index contributed by atoms with van der Waals surface area (Å²) in [6.45, 7) is 0.330. The van der Waals surface area contributed by atoms with Gasteiger partial charge in [-0.25, -0.2) is 0 Å². The van der Waals surface area contributed by atoms with Gasteiger partial charge in [-0.1, -0.05) is 23.7 Å². The number of nitrogens with zero attached hydrogens (tertiary/aromatic N) is 3. The zero-order valence-electron chi connectivity index (χ0n) is 14.6. The number of nitro groups is 1. The predicted octanol–water partition coefficient (Wildman–Crippen LogP) is 4.52. The van der Waals surface area contributed by atoms with Gasteiger partial charge in [-0.2, -0.15) is 4.68 Å². The molecule has 0 radical (unpaired) electrons. The summed E-state index contributed by atoms with van der Waals surface area (Å²) in [4.78, 5) is 22.8. The zero-order chi connectivity index (χ0) is 20.3. The molecule has 1 amide bonds. The van der Waals surface area contributed by atoms with Gasteiger partial charge in [0.2, 0.25) is 0 Å². The van der Waals surface area contributed by atoms with Crippen molar-refractivity contribution in [2.24, 2.45) is 0 Å². The van der Waals surface area contributed by atoms with Gasteiger partial charge in [-0.15, -0.1) is 0 Å². The van der Waals surface area contributed by atoms with Crippen LogP contribution in [0.3, 0.4) is 0 Å². The summed E-state index contributed by atoms with van der Waals surface area (Å²) in [6, 6.07) is 11.8. The van der Waals surface area contributed by atoms with Gasteiger partial charge in [0.05, 0.1) is 30.6 Å². The second-order valence-corrected chi connectivity index (χ2v) is 7.04. The van der Waals surface area contributed by atoms with Gasteiger partial charge in [0, 0.05) is 10.6 Å². The summed E-state index contributed by atoms with van der Waals surface area (Å²) < 4.78 is 6.98. The van der Waals surface area contributed by atoms with E-state index in [9.17, 15) is 14.9 Å². The van der Waals surface area contributed by atoms with Gasteiger partial charge in [0.1, 0.15) is 10.2 Å². The lowest BCUT2D eigenvalue weighted by Crippen LogP contribution is -2.13. The maximum Gasteiger partial charge on any atom is 0.404 e. The predicted molar refractivity (Wildman–Crippen MR) is 108 cm³/mol. The van der Waals surface area contributed by atoms with Gasteiger partial charge in [-0.3, -0.25) is 4.79 Å². The van der Waals surface area contributed by atoms with E-state index in [2.05, 4.69) is 26.3 Å². The standard InChI is InChI=1S/C18H14BrClN4O4/c1-28-16-7-6-13(20)8-15(16)21-18(25)12-4-2-11(3-5-12)9-23-10-14(19)17(22-23)24(26)27/h2-8,10H,9H2,1H3,(H,21,25). The highest BCUT2D eigenvalue weighted by Crippen LogP contribution is 2.28. The molecule has 0 saturated heterocycles. The fraction of sp³-hybridized carbons (Fsp3) is 0.111. The quantitative estimate of drug-likeness (QED) is 0.426. The van der Waals surface area contributed by atoms with Crippen molar-refractivity contribution in [1.82, 2.24) is 9.78 Å². The summed E-state index contributed by atoms with van der Waals surface area (Å²) >= 11 is 9.09. The van der Waals surface area contributed by atoms with E-state index in [1.165, 1.54) is 18.0 Å². The number of methoxy groups -OCH3 is 1. The summed E-state index contributed by atoms with van der Waals surface area (Å²) in [5.74, 6) is -0.0590. The number of amides is 1. The van der Waals surface area contributed by atoms with Crippen LogP contribution in [0.1, 0.15) is 15.9 Å². The molecule has 0 aliphatic heterocycles. The third-order valence-electron chi connectivity index (χ3n) is 3.84. The number of hydrogen-bond acceptors (Lipinski definition) is 5. The third-order valence-corrected chi connectivity index (χ3v) is 4.64. The molecule has 0 atom stereocenters. The molecule has 28 heavy (non-hydrogen) atoms. The molecule has 0 aliphatic rings. The summed E-state index contributed by atoms with van der Waals surface area (Å²) in [5.41, 5.74) is 1.75. The van der Waals surface area contributed by atoms with Crippen molar-refractivity contribution >= 4 is 44.9 Å². The van der Waals surface area contributed by atoms with Crippen molar-refractivity contribution in [3.05, 3.63) is 79.4 Å². The van der Waals surface area contributed by atoms with Crippen LogP contribution in [-0.4, -0.2) is 27.7 Å². The lowest BCUT2D eigenvalue weighted by molar-refractivity contribution is -0.390. The number of hydrogen-bond donors (Lipinski definition) is 1. The lowest BCUT2D eigenvalue weighted by Gasteiger charge is -2.11. The number of aromatic nitrogens is 2. The molecule has 1 N–H and O–H groups in total. The normalized spacial score (nSPS) is 10.5. The molecular formula is C18H14BrClN4O4. The Hall–Kier alpha value is -2.91. The number of ether oxygens (including phenoxy) is 1. The van der Waals surface area contributed by atoms with Gasteiger partial charge in [0.15, 0.2) is 0 Å². The maximum atomic E-state index is 12.5. The third kappa shape index (κ3) is 4.49. The molecule has 3 aromatic rings. The number of benzene rings is 2. The molecule has 0 aliphatic carbocycles. The van der Waals surface area contributed by atoms with Crippen LogP contribution in [0, 0.1) is 10.1 Å². The van der Waals surface area contributed by atoms with E-state index in [4.69, 9.17) is 16.3 Å². The Morgan fingerprint density at radius 3 is 2.64 bits per heavy atom. The first kappa shape index (κ1) is 19.8. The number of nitrogens with one attached hydrogen (secondary N) is 1. The Morgan fingerprint density at radius 1 is 1.32 bits per heavy atom. The van der Waals surface area contributed by atoms with Crippen molar-refractivity contribution in [3.8, 4) is 5.75 Å². The Morgan fingerprint density at radius 2 is 2.04 bits per heavy atom. The summed E-state index contributed by atoms with van der Waals surface area (Å²) in [7, 11) is 1.51. The first-order chi connectivity index (χ1) is 13.4. The summed E-state index contributed by atoms with van der Waals surface area (Å²) in [5, 5.41) is 18.0. The minimum atomic E-state index is -0.557. The lowest BCUT2D eigenvalue weighted by atomic mass is 10.1. The number of rotatable bonds is 6. The van der Waals surface area contributed by atoms with Crippen LogP contribution in [0.25, 0.3) is 0 Å². The first-order valence-corrected chi connectivity index (χ1v) is 9.15. The largest absolute Gasteiger partial charge is 0.495 e. The van der Waals surface area contributed by atoms with Crippen LogP contribution < -0.4 is 10.1 Å². The molecule has 1 heterocycles. The molecule has 0 saturated carbocycles. The van der Waals surface area contributed by atoms with Crippen LogP contribution >= 0.6 is 27.5 Å². The molecule has 2 aromatic carbocycles. The van der Waals surface area contributed by atoms with Crippen LogP contribution in [0.4, 0.5) is 11.5 Å². The van der Waals surface area contributed by atoms with Crippen molar-refractivity contribution < 1.29 is 14.5 Å². The van der Waals surface area contributed by atoms with Crippen molar-refractivity contribution in [2.75, 3.05) is 12.4 Å². The van der Waals surface area contributed by atoms with Gasteiger partial charge in [-0.05, 0) is 56.7 Å². The molecular weight excluding hydrogens is 452 g/mol. The van der Waals surface area contributed by atoms with Crippen LogP contribution in [-0.2, 0) is 6.54 Å². The second kappa shape index (κ2) is 8.41. The minimum absolute atomic E-state index is 0.244. The van der Waals surface area contributed by atoms with Crippen LogP contribution in [0.2, 0.25) is 5.02 Å². The number of carbonyl (C=O) groups is 1. The highest BCUT2D eigenvalue weighted by atomic mass is 79.9. The smallest absolute Gasteiger partial charge is 0.404 e. The number of carbonyl (C=O) groups excluding carboxylic acids is 1. The summed E-state index contributed by atoms with van der Waals surface area (Å²) in [6.07, 6.45) is 1.53. The Balaban J connectivity index is 1.72. The highest BCUT2D eigenvalue weighted by Gasteiger charge is 2.18. The van der Waals surface area contributed by atoms with Crippen LogP contribution in [0.5, 0.6) is 5.75 Å². The molecule has 10 heteroatoms. The van der Waals surface area contributed by atoms with E-state index in [0.717, 1.165) is 5.56 Å². The molecule has 0 spiro atoms. The van der Waals surface area contributed by atoms with E-state index < -0.39 is 4.92 Å². The molecule has 8 nitrogen and oxygen atoms in total. The van der Waals surface area contributed by atoms with E-state index in [1.807, 2.05) is 0 Å². The van der Waals surface area contributed by atoms with Gasteiger partial charge >= 0.3 is 5.82 Å². The molecule has 144 valence electrons. The van der Waals surface area contributed by atoms with Gasteiger partial charge < -0.3 is 20.2 Å². The molecule has 0 fully saturated rings. The Kier molecular flexibility index (Phi) is 5.96. The Bertz CT molecular complexity index is 1040. The molecule has 0 bridgehead atoms. The SMILES string of the molecule is COc1ccc(Cl)cc1NC(=O)c1ccc(Cn2cc(Br)c([N+](=O)[O-])n2)cc1. The van der Waals surface area contributed by atoms with Gasteiger partial charge in [0.25, 0.3) is 5.91 Å². The first-order valence-electron chi connectivity index (χ1n) is 7.98. The average molecular weight is 466 g/mol. The van der Waals surface area contributed by atoms with E-state index >= 15 is 0 Å². The fourth-order valence-corrected chi connectivity index (χ4v) is 3.15. The van der Waals surface area contributed by atoms with Crippen molar-refractivity contribution in [3.63, 3.8) is 0 Å². The van der Waals surface area contributed by atoms with E-state index in [0.29, 0.717) is 33.0 Å². The zero-order valence-corrected chi connectivity index (χ0v) is 16.9. The van der Waals surface area contributed by atoms with E-state index in [-0.39, 0.29) is 11.7 Å². The highest BCUT2D eigenvalue weighted by molar-refractivity contribution is 9.10. The number of anilines is 1. The topological polar surface area (TPSA) is 99.3 Å². The molecule has 3 rings (SSSR count). The molecule has 0 unspecified atom stereocenters. The van der Waals surface area contributed by atoms with Crippen molar-refractivity contribution in [2.45, 2.75) is 6.54 Å². The number of halogens is 2. The Labute approximate surface area is 173 Å². The maximum absolute atomic E-state index is 12.5. The average Bonchev–Trinajstić information content (AvgIpc) is 3.03. The minimum Gasteiger partial charge on any atom is -0.495 e.